The molecule has 1 fully saturated rings. The Bertz CT molecular complexity index is 534. The highest BCUT2D eigenvalue weighted by Crippen LogP contribution is 2.29. The van der Waals surface area contributed by atoms with E-state index in [-0.39, 0.29) is 43.6 Å². The van der Waals surface area contributed by atoms with Gasteiger partial charge in [-0.15, -0.1) is 12.4 Å². The Kier molecular flexibility index (Phi) is 9.73. The lowest BCUT2D eigenvalue weighted by Crippen LogP contribution is -2.43. The minimum atomic E-state index is -0.326. The molecule has 1 heterocycles. The maximum Gasteiger partial charge on any atom is 0.314 e. The van der Waals surface area contributed by atoms with Crippen LogP contribution >= 0.6 is 35.6 Å². The van der Waals surface area contributed by atoms with Crippen molar-refractivity contribution >= 4 is 41.6 Å². The van der Waals surface area contributed by atoms with Gasteiger partial charge in [0.2, 0.25) is 0 Å². The highest BCUT2D eigenvalue weighted by atomic mass is 35.5. The molecule has 2 atom stereocenters. The molecule has 2 unspecified atom stereocenters. The Morgan fingerprint density at radius 3 is 2.83 bits per heavy atom. The van der Waals surface area contributed by atoms with Crippen molar-refractivity contribution in [2.75, 3.05) is 39.4 Å². The minimum Gasteiger partial charge on any atom is -0.395 e. The van der Waals surface area contributed by atoms with Gasteiger partial charge >= 0.3 is 6.03 Å². The third-order valence-corrected chi connectivity index (χ3v) is 4.40. The normalized spacial score (nSPS) is 20.6. The average molecular weight is 399 g/mol. The van der Waals surface area contributed by atoms with Crippen LogP contribution < -0.4 is 16.0 Å². The monoisotopic (exact) mass is 397 g/mol. The maximum atomic E-state index is 11.6. The highest BCUT2D eigenvalue weighted by Gasteiger charge is 2.27. The van der Waals surface area contributed by atoms with Gasteiger partial charge in [-0.1, -0.05) is 29.3 Å². The number of urea groups is 1. The Morgan fingerprint density at radius 1 is 1.33 bits per heavy atom. The van der Waals surface area contributed by atoms with E-state index in [0.717, 1.165) is 18.7 Å². The molecule has 1 aromatic rings. The molecule has 1 aromatic carbocycles. The Labute approximate surface area is 157 Å². The van der Waals surface area contributed by atoms with Gasteiger partial charge in [-0.3, -0.25) is 0 Å². The number of benzene rings is 1. The van der Waals surface area contributed by atoms with E-state index in [4.69, 9.17) is 33.0 Å². The zero-order chi connectivity index (χ0) is 16.7. The quantitative estimate of drug-likeness (QED) is 0.609. The van der Waals surface area contributed by atoms with E-state index in [2.05, 4.69) is 16.0 Å². The molecular formula is C15H22Cl3N3O3. The molecule has 0 aromatic heterocycles. The molecule has 136 valence electrons. The largest absolute Gasteiger partial charge is 0.395 e. The van der Waals surface area contributed by atoms with Crippen LogP contribution in [0.5, 0.6) is 0 Å². The number of hydrogen-bond acceptors (Lipinski definition) is 4. The molecule has 0 radical (unpaired) electrons. The number of carbonyl (C=O) groups is 1. The lowest BCUT2D eigenvalue weighted by Gasteiger charge is -2.25. The molecule has 2 rings (SSSR count). The molecule has 1 aliphatic heterocycles. The number of hydrogen-bond donors (Lipinski definition) is 4. The van der Waals surface area contributed by atoms with E-state index in [1.54, 1.807) is 6.07 Å². The summed E-state index contributed by atoms with van der Waals surface area (Å²) in [6.45, 7) is 2.54. The number of halogens is 3. The van der Waals surface area contributed by atoms with E-state index >= 15 is 0 Å². The summed E-state index contributed by atoms with van der Waals surface area (Å²) in [7, 11) is 0. The molecule has 4 N–H and O–H groups in total. The van der Waals surface area contributed by atoms with Crippen LogP contribution in [-0.2, 0) is 4.74 Å². The van der Waals surface area contributed by atoms with E-state index in [0.29, 0.717) is 23.2 Å². The van der Waals surface area contributed by atoms with Crippen molar-refractivity contribution in [3.8, 4) is 0 Å². The molecule has 1 saturated heterocycles. The van der Waals surface area contributed by atoms with Gasteiger partial charge < -0.3 is 25.8 Å². The third kappa shape index (κ3) is 6.27. The highest BCUT2D eigenvalue weighted by molar-refractivity contribution is 6.42. The summed E-state index contributed by atoms with van der Waals surface area (Å²) in [5, 5.41) is 18.4. The summed E-state index contributed by atoms with van der Waals surface area (Å²) >= 11 is 12.1. The molecule has 24 heavy (non-hydrogen) atoms. The molecule has 6 nitrogen and oxygen atoms in total. The van der Waals surface area contributed by atoms with Crippen LogP contribution in [0.1, 0.15) is 11.5 Å². The fraction of sp³-hybridized carbons (Fsp3) is 0.533. The average Bonchev–Trinajstić information content (AvgIpc) is 2.79. The summed E-state index contributed by atoms with van der Waals surface area (Å²) in [5.41, 5.74) is 1.01. The molecule has 0 aliphatic carbocycles. The second kappa shape index (κ2) is 11.0. The Morgan fingerprint density at radius 2 is 2.12 bits per heavy atom. The summed E-state index contributed by atoms with van der Waals surface area (Å²) in [5.74, 6) is 0.0467. The topological polar surface area (TPSA) is 82.6 Å². The van der Waals surface area contributed by atoms with Crippen LogP contribution in [0, 0.1) is 0 Å². The zero-order valence-electron chi connectivity index (χ0n) is 13.1. The van der Waals surface area contributed by atoms with Crippen molar-refractivity contribution in [1.29, 1.82) is 0 Å². The van der Waals surface area contributed by atoms with Gasteiger partial charge in [-0.25, -0.2) is 4.79 Å². The molecular weight excluding hydrogens is 377 g/mol. The third-order valence-electron chi connectivity index (χ3n) is 3.66. The van der Waals surface area contributed by atoms with Crippen molar-refractivity contribution in [3.63, 3.8) is 0 Å². The minimum absolute atomic E-state index is 0. The Hall–Kier alpha value is -0.760. The smallest absolute Gasteiger partial charge is 0.314 e. The zero-order valence-corrected chi connectivity index (χ0v) is 15.4. The van der Waals surface area contributed by atoms with Crippen LogP contribution in [0.2, 0.25) is 10.0 Å². The number of ether oxygens (including phenoxy) is 1. The van der Waals surface area contributed by atoms with Gasteiger partial charge in [-0.2, -0.15) is 0 Å². The molecule has 9 heteroatoms. The number of rotatable bonds is 5. The standard InChI is InChI=1S/C15H21Cl2N3O3.ClH/c16-12-2-1-10(7-13(12)17)11-8-18-4-6-23-14(11)9-20-15(22)19-3-5-21;/h1-2,7,11,14,18,21H,3-6,8-9H2,(H2,19,20,22);1H. The number of amides is 2. The van der Waals surface area contributed by atoms with E-state index in [9.17, 15) is 4.79 Å². The lowest BCUT2D eigenvalue weighted by molar-refractivity contribution is 0.0539. The van der Waals surface area contributed by atoms with Gasteiger partial charge in [0.25, 0.3) is 0 Å². The van der Waals surface area contributed by atoms with Crippen LogP contribution in [0.3, 0.4) is 0 Å². The Balaban J connectivity index is 0.00000288. The number of aliphatic hydroxyl groups excluding tert-OH is 1. The predicted octanol–water partition coefficient (Wildman–Crippen LogP) is 1.78. The predicted molar refractivity (Wildman–Crippen MR) is 97.5 cm³/mol. The first kappa shape index (κ1) is 21.3. The molecule has 1 aliphatic rings. The van der Waals surface area contributed by atoms with E-state index < -0.39 is 0 Å². The first-order valence-corrected chi connectivity index (χ1v) is 8.27. The summed E-state index contributed by atoms with van der Waals surface area (Å²) in [6.07, 6.45) is -0.179. The second-order valence-corrected chi connectivity index (χ2v) is 6.07. The van der Waals surface area contributed by atoms with Gasteiger partial charge in [0, 0.05) is 32.1 Å². The number of aliphatic hydroxyl groups is 1. The van der Waals surface area contributed by atoms with Gasteiger partial charge in [0.1, 0.15) is 0 Å². The number of carbonyl (C=O) groups excluding carboxylic acids is 1. The number of nitrogens with one attached hydrogen (secondary N) is 3. The van der Waals surface area contributed by atoms with E-state index in [1.807, 2.05) is 12.1 Å². The van der Waals surface area contributed by atoms with Crippen molar-refractivity contribution in [1.82, 2.24) is 16.0 Å². The fourth-order valence-corrected chi connectivity index (χ4v) is 2.80. The molecule has 0 spiro atoms. The summed E-state index contributed by atoms with van der Waals surface area (Å²) in [6, 6.07) is 5.20. The van der Waals surface area contributed by atoms with Crippen molar-refractivity contribution in [2.45, 2.75) is 12.0 Å². The first-order chi connectivity index (χ1) is 11.1. The SMILES string of the molecule is Cl.O=C(NCCO)NCC1OCCNCC1c1ccc(Cl)c(Cl)c1. The van der Waals surface area contributed by atoms with Crippen molar-refractivity contribution < 1.29 is 14.6 Å². The lowest BCUT2D eigenvalue weighted by atomic mass is 9.93. The second-order valence-electron chi connectivity index (χ2n) is 5.25. The van der Waals surface area contributed by atoms with Crippen molar-refractivity contribution in [2.24, 2.45) is 0 Å². The van der Waals surface area contributed by atoms with Gasteiger partial charge in [0.05, 0.1) is 29.4 Å². The van der Waals surface area contributed by atoms with Crippen LogP contribution in [0.25, 0.3) is 0 Å². The molecule has 0 bridgehead atoms. The molecule has 2 amide bonds. The van der Waals surface area contributed by atoms with Crippen molar-refractivity contribution in [3.05, 3.63) is 33.8 Å². The summed E-state index contributed by atoms with van der Waals surface area (Å²) < 4.78 is 5.86. The fourth-order valence-electron chi connectivity index (χ4n) is 2.49. The summed E-state index contributed by atoms with van der Waals surface area (Å²) in [4.78, 5) is 11.6. The van der Waals surface area contributed by atoms with Crippen LogP contribution in [-0.4, -0.2) is 56.6 Å². The first-order valence-electron chi connectivity index (χ1n) is 7.51. The van der Waals surface area contributed by atoms with E-state index in [1.165, 1.54) is 0 Å². The van der Waals surface area contributed by atoms with Gasteiger partial charge in [-0.05, 0) is 17.7 Å². The van der Waals surface area contributed by atoms with Gasteiger partial charge in [0.15, 0.2) is 0 Å². The maximum absolute atomic E-state index is 11.6. The van der Waals surface area contributed by atoms with Crippen LogP contribution in [0.15, 0.2) is 18.2 Å². The van der Waals surface area contributed by atoms with Crippen LogP contribution in [0.4, 0.5) is 4.79 Å². The molecule has 0 saturated carbocycles.